The number of guanidine groups is 1. The van der Waals surface area contributed by atoms with E-state index < -0.39 is 0 Å². The average Bonchev–Trinajstić information content (AvgIpc) is 3.43. The standard InChI is InChI=1S/C19H30N4O3/c1-4-20-19(21-12-6-7-18(24)22-14-8-9-14)23-15-10-11-16(25-3)17(13-15)26-5-2/h10-11,13-14H,4-9,12H2,1-3H3,(H,22,24)(H2,20,21,23). The first-order valence-corrected chi connectivity index (χ1v) is 9.31. The Balaban J connectivity index is 1.89. The van der Waals surface area contributed by atoms with Gasteiger partial charge in [0.2, 0.25) is 5.91 Å². The Labute approximate surface area is 155 Å². The molecule has 0 heterocycles. The Morgan fingerprint density at radius 2 is 2.08 bits per heavy atom. The Bertz CT molecular complexity index is 615. The summed E-state index contributed by atoms with van der Waals surface area (Å²) >= 11 is 0. The number of amides is 1. The Kier molecular flexibility index (Phi) is 8.05. The van der Waals surface area contributed by atoms with Crippen LogP contribution < -0.4 is 25.4 Å². The maximum atomic E-state index is 11.7. The van der Waals surface area contributed by atoms with Crippen LogP contribution in [-0.4, -0.2) is 44.7 Å². The van der Waals surface area contributed by atoms with Gasteiger partial charge < -0.3 is 25.4 Å². The predicted molar refractivity (Wildman–Crippen MR) is 104 cm³/mol. The number of aliphatic imine (C=N–C) groups is 1. The van der Waals surface area contributed by atoms with Gasteiger partial charge in [-0.05, 0) is 45.2 Å². The van der Waals surface area contributed by atoms with Crippen molar-refractivity contribution in [3.05, 3.63) is 18.2 Å². The van der Waals surface area contributed by atoms with E-state index in [-0.39, 0.29) is 5.91 Å². The summed E-state index contributed by atoms with van der Waals surface area (Å²) in [7, 11) is 1.62. The molecule has 144 valence electrons. The first-order valence-electron chi connectivity index (χ1n) is 9.31. The van der Waals surface area contributed by atoms with Crippen LogP contribution in [0.1, 0.15) is 39.5 Å². The zero-order valence-electron chi connectivity index (χ0n) is 15.9. The molecule has 7 heteroatoms. The minimum absolute atomic E-state index is 0.122. The molecule has 0 atom stereocenters. The number of rotatable bonds is 10. The maximum absolute atomic E-state index is 11.7. The molecule has 1 aliphatic rings. The van der Waals surface area contributed by atoms with E-state index in [4.69, 9.17) is 9.47 Å². The molecule has 0 saturated heterocycles. The summed E-state index contributed by atoms with van der Waals surface area (Å²) in [6.07, 6.45) is 3.46. The maximum Gasteiger partial charge on any atom is 0.220 e. The molecule has 2 rings (SSSR count). The molecular weight excluding hydrogens is 332 g/mol. The van der Waals surface area contributed by atoms with Crippen molar-refractivity contribution in [1.29, 1.82) is 0 Å². The number of hydrogen-bond acceptors (Lipinski definition) is 4. The lowest BCUT2D eigenvalue weighted by Crippen LogP contribution is -2.31. The van der Waals surface area contributed by atoms with Crippen LogP contribution in [0.4, 0.5) is 5.69 Å². The molecule has 7 nitrogen and oxygen atoms in total. The SMILES string of the molecule is CCNC(=NCCCC(=O)NC1CC1)Nc1ccc(OC)c(OCC)c1. The van der Waals surface area contributed by atoms with Gasteiger partial charge in [0.05, 0.1) is 13.7 Å². The molecular formula is C19H30N4O3. The number of nitrogens with zero attached hydrogens (tertiary/aromatic N) is 1. The monoisotopic (exact) mass is 362 g/mol. The van der Waals surface area contributed by atoms with Gasteiger partial charge in [0.15, 0.2) is 17.5 Å². The van der Waals surface area contributed by atoms with Gasteiger partial charge in [-0.3, -0.25) is 9.79 Å². The average molecular weight is 362 g/mol. The minimum Gasteiger partial charge on any atom is -0.493 e. The summed E-state index contributed by atoms with van der Waals surface area (Å²) in [6.45, 7) is 5.85. The summed E-state index contributed by atoms with van der Waals surface area (Å²) in [5, 5.41) is 9.46. The van der Waals surface area contributed by atoms with Crippen molar-refractivity contribution >= 4 is 17.6 Å². The van der Waals surface area contributed by atoms with Gasteiger partial charge in [-0.1, -0.05) is 0 Å². The van der Waals surface area contributed by atoms with Crippen molar-refractivity contribution in [2.24, 2.45) is 4.99 Å². The van der Waals surface area contributed by atoms with Gasteiger partial charge in [0.25, 0.3) is 0 Å². The van der Waals surface area contributed by atoms with Gasteiger partial charge in [0, 0.05) is 37.3 Å². The van der Waals surface area contributed by atoms with Crippen LogP contribution >= 0.6 is 0 Å². The van der Waals surface area contributed by atoms with Gasteiger partial charge >= 0.3 is 0 Å². The van der Waals surface area contributed by atoms with E-state index in [0.29, 0.717) is 43.1 Å². The third kappa shape index (κ3) is 6.82. The lowest BCUT2D eigenvalue weighted by atomic mass is 10.2. The highest BCUT2D eigenvalue weighted by Crippen LogP contribution is 2.30. The second-order valence-electron chi connectivity index (χ2n) is 6.13. The molecule has 0 bridgehead atoms. The fraction of sp³-hybridized carbons (Fsp3) is 0.579. The van der Waals surface area contributed by atoms with E-state index in [0.717, 1.165) is 31.5 Å². The highest BCUT2D eigenvalue weighted by Gasteiger charge is 2.22. The Morgan fingerprint density at radius 3 is 2.73 bits per heavy atom. The fourth-order valence-electron chi connectivity index (χ4n) is 2.42. The van der Waals surface area contributed by atoms with E-state index in [9.17, 15) is 4.79 Å². The number of nitrogens with one attached hydrogen (secondary N) is 3. The summed E-state index contributed by atoms with van der Waals surface area (Å²) in [5.74, 6) is 2.19. The normalized spacial score (nSPS) is 13.9. The van der Waals surface area contributed by atoms with Gasteiger partial charge in [0.1, 0.15) is 0 Å². The number of carbonyl (C=O) groups excluding carboxylic acids is 1. The molecule has 0 radical (unpaired) electrons. The summed E-state index contributed by atoms with van der Waals surface area (Å²) in [6, 6.07) is 6.08. The smallest absolute Gasteiger partial charge is 0.220 e. The molecule has 1 aliphatic carbocycles. The number of ether oxygens (including phenoxy) is 2. The molecule has 1 aromatic carbocycles. The number of hydrogen-bond donors (Lipinski definition) is 3. The third-order valence-electron chi connectivity index (χ3n) is 3.84. The first-order chi connectivity index (χ1) is 12.7. The molecule has 1 saturated carbocycles. The van der Waals surface area contributed by atoms with Crippen LogP contribution in [0.5, 0.6) is 11.5 Å². The summed E-state index contributed by atoms with van der Waals surface area (Å²) in [5.41, 5.74) is 0.862. The van der Waals surface area contributed by atoms with E-state index in [1.54, 1.807) is 7.11 Å². The number of methoxy groups -OCH3 is 1. The second kappa shape index (κ2) is 10.5. The van der Waals surface area contributed by atoms with Crippen molar-refractivity contribution < 1.29 is 14.3 Å². The molecule has 1 aromatic rings. The minimum atomic E-state index is 0.122. The van der Waals surface area contributed by atoms with Crippen molar-refractivity contribution in [2.45, 2.75) is 45.6 Å². The highest BCUT2D eigenvalue weighted by atomic mass is 16.5. The van der Waals surface area contributed by atoms with Gasteiger partial charge in [-0.2, -0.15) is 0 Å². The van der Waals surface area contributed by atoms with Crippen LogP contribution in [0, 0.1) is 0 Å². The number of carbonyl (C=O) groups is 1. The van der Waals surface area contributed by atoms with Crippen LogP contribution in [0.25, 0.3) is 0 Å². The second-order valence-corrected chi connectivity index (χ2v) is 6.13. The zero-order valence-corrected chi connectivity index (χ0v) is 15.9. The third-order valence-corrected chi connectivity index (χ3v) is 3.84. The number of anilines is 1. The van der Waals surface area contributed by atoms with E-state index >= 15 is 0 Å². The molecule has 0 spiro atoms. The molecule has 0 aliphatic heterocycles. The number of benzene rings is 1. The van der Waals surface area contributed by atoms with E-state index in [1.807, 2.05) is 32.0 Å². The summed E-state index contributed by atoms with van der Waals surface area (Å²) < 4.78 is 10.9. The Hall–Kier alpha value is -2.44. The Morgan fingerprint density at radius 1 is 1.27 bits per heavy atom. The van der Waals surface area contributed by atoms with E-state index in [2.05, 4.69) is 20.9 Å². The van der Waals surface area contributed by atoms with Crippen LogP contribution in [0.15, 0.2) is 23.2 Å². The highest BCUT2D eigenvalue weighted by molar-refractivity contribution is 5.93. The van der Waals surface area contributed by atoms with Crippen molar-refractivity contribution in [3.63, 3.8) is 0 Å². The molecule has 3 N–H and O–H groups in total. The zero-order chi connectivity index (χ0) is 18.8. The van der Waals surface area contributed by atoms with Crippen LogP contribution in [-0.2, 0) is 4.79 Å². The van der Waals surface area contributed by atoms with Crippen LogP contribution in [0.2, 0.25) is 0 Å². The van der Waals surface area contributed by atoms with Crippen molar-refractivity contribution in [1.82, 2.24) is 10.6 Å². The predicted octanol–water partition coefficient (Wildman–Crippen LogP) is 2.53. The van der Waals surface area contributed by atoms with Crippen molar-refractivity contribution in [2.75, 3.05) is 32.1 Å². The van der Waals surface area contributed by atoms with Crippen LogP contribution in [0.3, 0.4) is 0 Å². The first kappa shape index (κ1) is 19.9. The quantitative estimate of drug-likeness (QED) is 0.338. The van der Waals surface area contributed by atoms with Gasteiger partial charge in [-0.15, -0.1) is 0 Å². The van der Waals surface area contributed by atoms with E-state index in [1.165, 1.54) is 0 Å². The largest absolute Gasteiger partial charge is 0.493 e. The molecule has 26 heavy (non-hydrogen) atoms. The summed E-state index contributed by atoms with van der Waals surface area (Å²) in [4.78, 5) is 16.2. The molecule has 0 unspecified atom stereocenters. The lowest BCUT2D eigenvalue weighted by molar-refractivity contribution is -0.121. The van der Waals surface area contributed by atoms with Gasteiger partial charge in [-0.25, -0.2) is 0 Å². The molecule has 1 amide bonds. The topological polar surface area (TPSA) is 84.0 Å². The molecule has 0 aromatic heterocycles. The molecule has 1 fully saturated rings. The van der Waals surface area contributed by atoms with Crippen molar-refractivity contribution in [3.8, 4) is 11.5 Å². The fourth-order valence-corrected chi connectivity index (χ4v) is 2.42. The lowest BCUT2D eigenvalue weighted by Gasteiger charge is -2.14.